The summed E-state index contributed by atoms with van der Waals surface area (Å²) < 4.78 is 0. The van der Waals surface area contributed by atoms with Crippen molar-refractivity contribution in [1.82, 2.24) is 20.9 Å². The highest BCUT2D eigenvalue weighted by Gasteiger charge is 2.41. The minimum Gasteiger partial charge on any atom is -0.368 e. The van der Waals surface area contributed by atoms with Crippen LogP contribution in [0.25, 0.3) is 0 Å². The van der Waals surface area contributed by atoms with Crippen LogP contribution in [0.4, 0.5) is 10.5 Å². The van der Waals surface area contributed by atoms with E-state index in [9.17, 15) is 24.0 Å². The van der Waals surface area contributed by atoms with Crippen LogP contribution in [0.2, 0.25) is 0 Å². The number of likely N-dealkylation sites (tertiary alicyclic amines) is 1. The SMILES string of the molecule is CSc1cccc(NC(=O)NC2CC(C(=O)NC(CCCNC(=O)CC(C)(C)C)C(N)=O)N(C(=O)CC(C)(C)C)C2)c1. The van der Waals surface area contributed by atoms with Crippen LogP contribution in [0.3, 0.4) is 0 Å². The first-order valence-corrected chi connectivity index (χ1v) is 15.6. The smallest absolute Gasteiger partial charge is 0.319 e. The number of nitrogens with one attached hydrogen (secondary N) is 4. The van der Waals surface area contributed by atoms with Gasteiger partial charge in [-0.05, 0) is 54.5 Å². The Labute approximate surface area is 253 Å². The van der Waals surface area contributed by atoms with Crippen LogP contribution < -0.4 is 27.0 Å². The Morgan fingerprint density at radius 1 is 1.05 bits per heavy atom. The number of hydrogen-bond acceptors (Lipinski definition) is 6. The molecule has 0 saturated carbocycles. The molecule has 1 saturated heterocycles. The lowest BCUT2D eigenvalue weighted by molar-refractivity contribution is -0.140. The first kappa shape index (κ1) is 34.9. The van der Waals surface area contributed by atoms with Gasteiger partial charge in [0.2, 0.25) is 23.6 Å². The number of anilines is 1. The van der Waals surface area contributed by atoms with E-state index in [4.69, 9.17) is 5.73 Å². The molecule has 12 heteroatoms. The van der Waals surface area contributed by atoms with E-state index in [-0.39, 0.29) is 48.5 Å². The summed E-state index contributed by atoms with van der Waals surface area (Å²) in [6.07, 6.45) is 3.39. The highest BCUT2D eigenvalue weighted by Crippen LogP contribution is 2.26. The molecule has 0 bridgehead atoms. The zero-order chi connectivity index (χ0) is 31.7. The Morgan fingerprint density at radius 3 is 2.31 bits per heavy atom. The summed E-state index contributed by atoms with van der Waals surface area (Å²) in [5.41, 5.74) is 5.77. The van der Waals surface area contributed by atoms with Crippen molar-refractivity contribution >= 4 is 47.1 Å². The molecule has 2 rings (SSSR count). The predicted molar refractivity (Wildman–Crippen MR) is 166 cm³/mol. The lowest BCUT2D eigenvalue weighted by Crippen LogP contribution is -2.52. The van der Waals surface area contributed by atoms with E-state index in [2.05, 4.69) is 21.3 Å². The summed E-state index contributed by atoms with van der Waals surface area (Å²) in [5.74, 6) is -1.50. The lowest BCUT2D eigenvalue weighted by Gasteiger charge is -2.28. The van der Waals surface area contributed by atoms with Gasteiger partial charge in [0.15, 0.2) is 0 Å². The third-order valence-corrected chi connectivity index (χ3v) is 7.34. The molecule has 1 aromatic carbocycles. The monoisotopic (exact) mass is 604 g/mol. The molecular formula is C30H48N6O5S. The van der Waals surface area contributed by atoms with Crippen LogP contribution in [-0.4, -0.2) is 72.0 Å². The molecule has 0 aliphatic carbocycles. The van der Waals surface area contributed by atoms with Crippen LogP contribution in [0.5, 0.6) is 0 Å². The summed E-state index contributed by atoms with van der Waals surface area (Å²) in [6.45, 7) is 12.2. The van der Waals surface area contributed by atoms with Crippen molar-refractivity contribution < 1.29 is 24.0 Å². The summed E-state index contributed by atoms with van der Waals surface area (Å²) in [6, 6.07) is 4.67. The van der Waals surface area contributed by atoms with Gasteiger partial charge in [-0.2, -0.15) is 0 Å². The van der Waals surface area contributed by atoms with Crippen molar-refractivity contribution in [2.45, 2.75) is 96.7 Å². The van der Waals surface area contributed by atoms with Crippen molar-refractivity contribution in [2.24, 2.45) is 16.6 Å². The van der Waals surface area contributed by atoms with Gasteiger partial charge in [0.05, 0.1) is 6.04 Å². The van der Waals surface area contributed by atoms with Crippen molar-refractivity contribution in [3.8, 4) is 0 Å². The molecule has 1 aliphatic rings. The first-order chi connectivity index (χ1) is 19.5. The van der Waals surface area contributed by atoms with Gasteiger partial charge in [0.1, 0.15) is 12.1 Å². The van der Waals surface area contributed by atoms with Crippen LogP contribution in [0, 0.1) is 10.8 Å². The second-order valence-corrected chi connectivity index (χ2v) is 14.1. The van der Waals surface area contributed by atoms with Gasteiger partial charge in [-0.1, -0.05) is 47.6 Å². The van der Waals surface area contributed by atoms with E-state index >= 15 is 0 Å². The number of urea groups is 1. The largest absolute Gasteiger partial charge is 0.368 e. The van der Waals surface area contributed by atoms with Gasteiger partial charge in [0, 0.05) is 36.5 Å². The Balaban J connectivity index is 2.05. The number of carbonyl (C=O) groups excluding carboxylic acids is 5. The number of nitrogens with two attached hydrogens (primary N) is 1. The fraction of sp³-hybridized carbons (Fsp3) is 0.633. The molecule has 0 radical (unpaired) electrons. The van der Waals surface area contributed by atoms with Gasteiger partial charge in [0.25, 0.3) is 0 Å². The van der Waals surface area contributed by atoms with Crippen LogP contribution in [0.1, 0.15) is 73.6 Å². The summed E-state index contributed by atoms with van der Waals surface area (Å²) in [7, 11) is 0. The maximum absolute atomic E-state index is 13.4. The minimum absolute atomic E-state index is 0.0827. The fourth-order valence-electron chi connectivity index (χ4n) is 4.70. The molecule has 1 fully saturated rings. The van der Waals surface area contributed by atoms with Crippen molar-refractivity contribution in [3.63, 3.8) is 0 Å². The average Bonchev–Trinajstić information content (AvgIpc) is 3.27. The Bertz CT molecular complexity index is 1130. The zero-order valence-electron chi connectivity index (χ0n) is 26.0. The molecule has 6 N–H and O–H groups in total. The van der Waals surface area contributed by atoms with Crippen molar-refractivity contribution in [1.29, 1.82) is 0 Å². The number of amides is 6. The highest BCUT2D eigenvalue weighted by molar-refractivity contribution is 7.98. The van der Waals surface area contributed by atoms with Gasteiger partial charge in [-0.25, -0.2) is 4.79 Å². The molecule has 11 nitrogen and oxygen atoms in total. The van der Waals surface area contributed by atoms with E-state index in [0.29, 0.717) is 25.1 Å². The van der Waals surface area contributed by atoms with Gasteiger partial charge in [-0.15, -0.1) is 11.8 Å². The molecule has 0 spiro atoms. The first-order valence-electron chi connectivity index (χ1n) is 14.3. The van der Waals surface area contributed by atoms with Crippen LogP contribution in [0.15, 0.2) is 29.2 Å². The standard InChI is InChI=1S/C30H48N6O5S/c1-29(2,3)16-24(37)32-13-9-12-22(26(31)39)35-27(40)23-15-20(18-36(23)25(38)17-30(4,5)6)34-28(41)33-19-10-8-11-21(14-19)42-7/h8,10-11,14,20,22-23H,9,12-13,15-18H2,1-7H3,(H2,31,39)(H,32,37)(H,35,40)(H2,33,34,41). The molecule has 0 aromatic heterocycles. The fourth-order valence-corrected chi connectivity index (χ4v) is 5.16. The molecule has 1 aliphatic heterocycles. The molecule has 42 heavy (non-hydrogen) atoms. The quantitative estimate of drug-likeness (QED) is 0.182. The van der Waals surface area contributed by atoms with Crippen LogP contribution >= 0.6 is 11.8 Å². The number of rotatable bonds is 12. The molecule has 1 aromatic rings. The summed E-state index contributed by atoms with van der Waals surface area (Å²) in [4.78, 5) is 66.2. The second-order valence-electron chi connectivity index (χ2n) is 13.3. The normalized spacial score (nSPS) is 17.7. The van der Waals surface area contributed by atoms with E-state index in [1.54, 1.807) is 17.8 Å². The Hall–Kier alpha value is -3.28. The molecule has 6 amide bonds. The number of nitrogens with zero attached hydrogens (tertiary/aromatic N) is 1. The molecule has 234 valence electrons. The number of thioether (sulfide) groups is 1. The topological polar surface area (TPSA) is 163 Å². The molecular weight excluding hydrogens is 556 g/mol. The third-order valence-electron chi connectivity index (χ3n) is 6.61. The van der Waals surface area contributed by atoms with Crippen molar-refractivity contribution in [2.75, 3.05) is 24.7 Å². The van der Waals surface area contributed by atoms with Gasteiger partial charge < -0.3 is 31.9 Å². The van der Waals surface area contributed by atoms with Gasteiger partial charge >= 0.3 is 6.03 Å². The predicted octanol–water partition coefficient (Wildman–Crippen LogP) is 3.24. The third kappa shape index (κ3) is 12.3. The van der Waals surface area contributed by atoms with Crippen molar-refractivity contribution in [3.05, 3.63) is 24.3 Å². The Kier molecular flexibility index (Phi) is 12.7. The Morgan fingerprint density at radius 2 is 1.71 bits per heavy atom. The van der Waals surface area contributed by atoms with E-state index in [1.165, 1.54) is 4.90 Å². The van der Waals surface area contributed by atoms with Gasteiger partial charge in [-0.3, -0.25) is 19.2 Å². The van der Waals surface area contributed by atoms with E-state index in [0.717, 1.165) is 4.90 Å². The van der Waals surface area contributed by atoms with E-state index in [1.807, 2.05) is 66.0 Å². The molecule has 3 unspecified atom stereocenters. The maximum atomic E-state index is 13.4. The van der Waals surface area contributed by atoms with E-state index < -0.39 is 36.0 Å². The highest BCUT2D eigenvalue weighted by atomic mass is 32.2. The number of benzene rings is 1. The number of carbonyl (C=O) groups is 5. The molecule has 3 atom stereocenters. The summed E-state index contributed by atoms with van der Waals surface area (Å²) in [5, 5.41) is 11.2. The number of hydrogen-bond donors (Lipinski definition) is 5. The maximum Gasteiger partial charge on any atom is 0.319 e. The van der Waals surface area contributed by atoms with Crippen LogP contribution in [-0.2, 0) is 19.2 Å². The average molecular weight is 605 g/mol. The lowest BCUT2D eigenvalue weighted by atomic mass is 9.91. The summed E-state index contributed by atoms with van der Waals surface area (Å²) >= 11 is 1.56. The second kappa shape index (κ2) is 15.3. The number of primary amides is 1. The minimum atomic E-state index is -0.962. The zero-order valence-corrected chi connectivity index (χ0v) is 26.8. The molecule has 1 heterocycles.